The molecule has 15 atom stereocenters. The first-order valence-electron chi connectivity index (χ1n) is 42.0. The van der Waals surface area contributed by atoms with Crippen LogP contribution in [0.3, 0.4) is 0 Å². The highest BCUT2D eigenvalue weighted by molar-refractivity contribution is 7.98. The van der Waals surface area contributed by atoms with E-state index in [1.807, 2.05) is 0 Å². The molecule has 5 aromatic rings. The van der Waals surface area contributed by atoms with Crippen molar-refractivity contribution in [1.82, 2.24) is 84.2 Å². The second kappa shape index (κ2) is 49.2. The lowest BCUT2D eigenvalue weighted by atomic mass is 9.85. The van der Waals surface area contributed by atoms with E-state index in [1.54, 1.807) is 103 Å². The Morgan fingerprint density at radius 2 is 0.916 bits per heavy atom. The molecule has 2 heterocycles. The minimum absolute atomic E-state index is 0.0525. The van der Waals surface area contributed by atoms with Crippen LogP contribution in [0.1, 0.15) is 120 Å². The fourth-order valence-corrected chi connectivity index (χ4v) is 15.4. The van der Waals surface area contributed by atoms with Crippen LogP contribution in [-0.4, -0.2) is 272 Å². The molecule has 708 valence electrons. The molecule has 2 aliphatic rings. The van der Waals surface area contributed by atoms with Gasteiger partial charge in [0, 0.05) is 69.8 Å². The molecule has 7 rings (SSSR count). The lowest BCUT2D eigenvalue weighted by molar-refractivity contribution is -0.142. The number of carbonyl (C=O) groups excluding carboxylic acids is 15. The van der Waals surface area contributed by atoms with E-state index in [9.17, 15) is 97.5 Å². The highest BCUT2D eigenvalue weighted by atomic mass is 32.2. The number of nitrogens with zero attached hydrogens (tertiary/aromatic N) is 2. The highest BCUT2D eigenvalue weighted by Crippen LogP contribution is 2.25. The zero-order chi connectivity index (χ0) is 96.8. The molecule has 15 amide bonds. The SMILES string of the molecule is C[C@H]1NC(=O)[C@H](Cc2cccc3ccccc23)NC(=O)[C@H](CCC(=O)O)NC(=O)[C@H](CC(N)=O)NC(=O)[C@@H](C)NC(=O)[C@@H](NC(=O)[C@H](C)N)CN(C)Cc2cc3cc(c2)CN(C)C[C@@H](C(N)=O)NC(=O)[C@H](C(C)(C)C)NC(=O)[C@H](CC(=O)O)NC(=O)[C@H](Cc2ccc(O)cc2)NC(=O)[C@H](Cc2ccccc2)NC(=O)[C@H](CC(=O)O)NC(=O)[C@H](CCC(=O)O)NC(=O)[C@@H](CSC3)N1. The number of phenolic OH excluding ortho intramolecular Hbond substituents is 1. The fourth-order valence-electron chi connectivity index (χ4n) is 14.4. The number of aliphatic carboxylic acids is 4. The van der Waals surface area contributed by atoms with Gasteiger partial charge in [0.1, 0.15) is 78.3 Å². The van der Waals surface area contributed by atoms with Gasteiger partial charge in [-0.15, -0.1) is 0 Å². The fraction of sp³-hybridized carbons (Fsp3) is 0.460. The van der Waals surface area contributed by atoms with Crippen molar-refractivity contribution in [3.8, 4) is 5.75 Å². The Bertz CT molecular complexity index is 5020. The molecule has 44 heteroatoms. The van der Waals surface area contributed by atoms with Crippen LogP contribution in [0.25, 0.3) is 10.8 Å². The van der Waals surface area contributed by atoms with E-state index >= 15 is 19.2 Å². The number of nitrogens with one attached hydrogen (secondary N) is 14. The van der Waals surface area contributed by atoms with Gasteiger partial charge in [-0.2, -0.15) is 11.8 Å². The van der Waals surface area contributed by atoms with Crippen molar-refractivity contribution >= 4 is 135 Å². The van der Waals surface area contributed by atoms with E-state index in [2.05, 4.69) is 74.4 Å². The number of carbonyl (C=O) groups is 19. The number of likely N-dealkylation sites (N-methyl/N-ethyl adjacent to an activating group) is 2. The molecule has 0 radical (unpaired) electrons. The van der Waals surface area contributed by atoms with Gasteiger partial charge in [0.2, 0.25) is 88.6 Å². The van der Waals surface area contributed by atoms with E-state index in [1.165, 1.54) is 77.9 Å². The predicted molar refractivity (Wildman–Crippen MR) is 473 cm³/mol. The molecule has 0 saturated carbocycles. The number of hydrogen-bond acceptors (Lipinski definition) is 25. The Labute approximate surface area is 757 Å². The summed E-state index contributed by atoms with van der Waals surface area (Å²) in [5.41, 5.74) is 18.8. The van der Waals surface area contributed by atoms with Crippen LogP contribution in [0, 0.1) is 5.41 Å². The summed E-state index contributed by atoms with van der Waals surface area (Å²) in [5, 5.41) is 87.7. The Kier molecular flexibility index (Phi) is 39.2. The van der Waals surface area contributed by atoms with E-state index < -0.39 is 266 Å². The first kappa shape index (κ1) is 104. The summed E-state index contributed by atoms with van der Waals surface area (Å²) in [5.74, 6) is -24.2. The van der Waals surface area contributed by atoms with Crippen molar-refractivity contribution in [3.05, 3.63) is 149 Å². The zero-order valence-electron chi connectivity index (χ0n) is 73.5. The molecule has 25 N–H and O–H groups in total. The topological polar surface area (TPSA) is 678 Å². The van der Waals surface area contributed by atoms with Crippen LogP contribution in [0.5, 0.6) is 5.75 Å². The largest absolute Gasteiger partial charge is 0.508 e. The molecule has 5 aromatic carbocycles. The van der Waals surface area contributed by atoms with Gasteiger partial charge in [0.05, 0.1) is 37.5 Å². The molecule has 2 aliphatic heterocycles. The number of benzene rings is 5. The quantitative estimate of drug-likeness (QED) is 0.0334. The minimum Gasteiger partial charge on any atom is -0.508 e. The third-order valence-corrected chi connectivity index (χ3v) is 22.1. The minimum atomic E-state index is -2.19. The highest BCUT2D eigenvalue weighted by Gasteiger charge is 2.42. The predicted octanol–water partition coefficient (Wildman–Crippen LogP) is -3.91. The third kappa shape index (κ3) is 34.0. The van der Waals surface area contributed by atoms with Crippen molar-refractivity contribution in [2.75, 3.05) is 32.9 Å². The molecule has 0 aromatic heterocycles. The van der Waals surface area contributed by atoms with Crippen LogP contribution in [0.4, 0.5) is 0 Å². The third-order valence-electron chi connectivity index (χ3n) is 21.0. The van der Waals surface area contributed by atoms with Crippen molar-refractivity contribution in [2.24, 2.45) is 22.6 Å². The average molecular weight is 1840 g/mol. The Morgan fingerprint density at radius 3 is 1.44 bits per heavy atom. The lowest BCUT2D eigenvalue weighted by Gasteiger charge is -2.33. The Hall–Kier alpha value is -13.7. The van der Waals surface area contributed by atoms with Crippen molar-refractivity contribution in [2.45, 2.75) is 215 Å². The molecule has 0 aliphatic carbocycles. The van der Waals surface area contributed by atoms with Gasteiger partial charge >= 0.3 is 23.9 Å². The van der Waals surface area contributed by atoms with Crippen LogP contribution in [-0.2, 0) is 129 Å². The van der Waals surface area contributed by atoms with Crippen LogP contribution in [0.15, 0.2) is 115 Å². The number of primary amides is 2. The van der Waals surface area contributed by atoms with Crippen molar-refractivity contribution < 1.29 is 117 Å². The lowest BCUT2D eigenvalue weighted by Crippen LogP contribution is -2.63. The summed E-state index contributed by atoms with van der Waals surface area (Å²) in [4.78, 5) is 271. The van der Waals surface area contributed by atoms with Gasteiger partial charge < -0.3 is 112 Å². The van der Waals surface area contributed by atoms with Crippen LogP contribution >= 0.6 is 11.8 Å². The first-order chi connectivity index (χ1) is 61.7. The van der Waals surface area contributed by atoms with E-state index in [-0.39, 0.29) is 55.4 Å². The summed E-state index contributed by atoms with van der Waals surface area (Å²) >= 11 is 1.05. The zero-order valence-corrected chi connectivity index (χ0v) is 74.3. The van der Waals surface area contributed by atoms with Gasteiger partial charge in [-0.1, -0.05) is 124 Å². The number of fused-ring (bicyclic) bond motifs is 6. The summed E-state index contributed by atoms with van der Waals surface area (Å²) in [7, 11) is 3.10. The average Bonchev–Trinajstić information content (AvgIpc) is 0.823. The van der Waals surface area contributed by atoms with Crippen LogP contribution < -0.4 is 91.6 Å². The van der Waals surface area contributed by atoms with Gasteiger partial charge in [-0.25, -0.2) is 0 Å². The number of aromatic hydroxyl groups is 1. The van der Waals surface area contributed by atoms with Gasteiger partial charge in [0.15, 0.2) is 0 Å². The first-order valence-corrected chi connectivity index (χ1v) is 43.1. The molecule has 0 spiro atoms. The Balaban J connectivity index is 1.42. The molecule has 131 heavy (non-hydrogen) atoms. The number of carboxylic acid groups (broad SMARTS) is 4. The number of phenols is 1. The van der Waals surface area contributed by atoms with E-state index in [0.717, 1.165) is 11.8 Å². The summed E-state index contributed by atoms with van der Waals surface area (Å²) in [6.45, 7) is 7.55. The van der Waals surface area contributed by atoms with E-state index in [0.29, 0.717) is 38.6 Å². The van der Waals surface area contributed by atoms with Gasteiger partial charge in [-0.05, 0) is 109 Å². The number of thioether (sulfide) groups is 1. The second-order valence-electron chi connectivity index (χ2n) is 33.5. The summed E-state index contributed by atoms with van der Waals surface area (Å²) in [6, 6.07) is 5.51. The van der Waals surface area contributed by atoms with Crippen LogP contribution in [0.2, 0.25) is 0 Å². The van der Waals surface area contributed by atoms with E-state index in [4.69, 9.17) is 17.2 Å². The molecule has 4 bridgehead atoms. The molecule has 0 saturated heterocycles. The molecular formula is C87H115N19O24S. The number of hydrogen-bond donors (Lipinski definition) is 22. The molecule has 0 unspecified atom stereocenters. The number of rotatable bonds is 21. The summed E-state index contributed by atoms with van der Waals surface area (Å²) < 4.78 is 0. The smallest absolute Gasteiger partial charge is 0.305 e. The standard InChI is InChI=1S/C87H115N19O24S/c1-44(88)74(118)103-65-41-106(8)39-50-29-49-30-51(31-50)42-131-43-66(92-46(3)93-78(122)60(34-53-19-14-18-52-17-12-13-20-55(52)53)99-76(120)56(25-27-68(109)110)94-81(125)61(35-67(89)108)96-75(119)45(2)91-84(65)128)85(129)95-57(26-28-69(111)112)77(121)100-62(36-70(113)114)82(126)98-58(32-47-15-10-9-11-16-47)79(123)97-59(33-48-21-23-54(107)24-22-48)80(124)101-63(37-71(115)116)83(127)104-72(87(4,5)6)86(130)102-64(73(90)117)40-105(7)38-49/h9-24,29-31,44-46,56-66,72,92,107H,25-28,32-43,88H2,1-8H3,(H2,89,108)(H2,90,117)(H,91,128)(H,93,122)(H,94,125)(H,95,129)(H,96,119)(H,97,123)(H,98,126)(H,99,120)(H,100,121)(H,101,124)(H,102,130)(H,103,118)(H,104,127)(H,109,110)(H,111,112)(H,113,114)(H,115,116)/t44-,45+,46+,56-,57-,58-,59-,60-,61-,62-,63-,64-,65-,66+,72+/m0/s1. The molecule has 43 nitrogen and oxygen atoms in total. The second-order valence-corrected chi connectivity index (χ2v) is 34.5. The number of amides is 15. The maximum Gasteiger partial charge on any atom is 0.305 e. The maximum absolute atomic E-state index is 15.5. The normalized spacial score (nSPS) is 24.3. The molecular weight excluding hydrogens is 1730 g/mol. The summed E-state index contributed by atoms with van der Waals surface area (Å²) in [6.07, 6.45) is -9.17. The van der Waals surface area contributed by atoms with Gasteiger partial charge in [-0.3, -0.25) is 106 Å². The molecule has 0 fully saturated rings. The number of nitrogens with two attached hydrogens (primary N) is 3. The van der Waals surface area contributed by atoms with Gasteiger partial charge in [0.25, 0.3) is 0 Å². The van der Waals surface area contributed by atoms with Crippen molar-refractivity contribution in [1.29, 1.82) is 0 Å². The maximum atomic E-state index is 15.5. The van der Waals surface area contributed by atoms with Crippen molar-refractivity contribution in [3.63, 3.8) is 0 Å². The monoisotopic (exact) mass is 1840 g/mol. The Morgan fingerprint density at radius 1 is 0.473 bits per heavy atom. The number of carboxylic acids is 4.